The number of carbonyl (C=O) groups excluding carboxylic acids is 1. The van der Waals surface area contributed by atoms with Gasteiger partial charge < -0.3 is 4.74 Å². The second-order valence-corrected chi connectivity index (χ2v) is 7.79. The van der Waals surface area contributed by atoms with Crippen molar-refractivity contribution in [1.82, 2.24) is 0 Å². The van der Waals surface area contributed by atoms with Crippen LogP contribution in [0.3, 0.4) is 0 Å². The smallest absolute Gasteiger partial charge is 0.343 e. The molecular weight excluding hydrogens is 522 g/mol. The molecule has 0 fully saturated rings. The van der Waals surface area contributed by atoms with Gasteiger partial charge in [0.1, 0.15) is 5.75 Å². The van der Waals surface area contributed by atoms with Crippen molar-refractivity contribution >= 4 is 61.3 Å². The Labute approximate surface area is 148 Å². The maximum absolute atomic E-state index is 12.0. The van der Waals surface area contributed by atoms with E-state index in [4.69, 9.17) is 9.29 Å². The molecule has 0 saturated carbocycles. The molecule has 0 aliphatic carbocycles. The molecule has 5 nitrogen and oxygen atoms in total. The predicted octanol–water partition coefficient (Wildman–Crippen LogP) is 3.36. The fourth-order valence-electron chi connectivity index (χ4n) is 1.47. The van der Waals surface area contributed by atoms with Crippen molar-refractivity contribution in [2.45, 2.75) is 4.90 Å². The number of hydrogen-bond donors (Lipinski definition) is 1. The van der Waals surface area contributed by atoms with Crippen LogP contribution in [0.15, 0.2) is 47.4 Å². The first-order chi connectivity index (χ1) is 9.77. The predicted molar refractivity (Wildman–Crippen MR) is 93.1 cm³/mol. The third-order valence-electron chi connectivity index (χ3n) is 2.48. The van der Waals surface area contributed by atoms with E-state index < -0.39 is 16.1 Å². The van der Waals surface area contributed by atoms with E-state index in [1.807, 2.05) is 22.6 Å². The molecule has 0 aliphatic heterocycles. The minimum absolute atomic E-state index is 0.228. The first kappa shape index (κ1) is 16.6. The van der Waals surface area contributed by atoms with Gasteiger partial charge in [0.15, 0.2) is 0 Å². The van der Waals surface area contributed by atoms with Gasteiger partial charge in [0, 0.05) is 3.57 Å². The molecule has 0 spiro atoms. The summed E-state index contributed by atoms with van der Waals surface area (Å²) in [5.41, 5.74) is 0.394. The van der Waals surface area contributed by atoms with Crippen LogP contribution < -0.4 is 4.74 Å². The number of rotatable bonds is 3. The van der Waals surface area contributed by atoms with Crippen LogP contribution in [0.5, 0.6) is 5.75 Å². The van der Waals surface area contributed by atoms with Crippen LogP contribution in [0.4, 0.5) is 0 Å². The molecule has 0 bridgehead atoms. The van der Waals surface area contributed by atoms with Crippen molar-refractivity contribution < 1.29 is 22.5 Å². The average Bonchev–Trinajstić information content (AvgIpc) is 2.40. The minimum Gasteiger partial charge on any atom is -0.422 e. The van der Waals surface area contributed by atoms with E-state index in [9.17, 15) is 13.2 Å². The normalized spacial score (nSPS) is 11.2. The molecule has 0 aromatic heterocycles. The van der Waals surface area contributed by atoms with Gasteiger partial charge in [0.2, 0.25) is 0 Å². The quantitative estimate of drug-likeness (QED) is 0.285. The fourth-order valence-corrected chi connectivity index (χ4v) is 3.17. The highest BCUT2D eigenvalue weighted by atomic mass is 127. The summed E-state index contributed by atoms with van der Waals surface area (Å²) >= 11 is 3.96. The van der Waals surface area contributed by atoms with E-state index in [1.165, 1.54) is 18.2 Å². The molecule has 0 aliphatic rings. The molecule has 21 heavy (non-hydrogen) atoms. The van der Waals surface area contributed by atoms with E-state index in [0.717, 1.165) is 3.57 Å². The van der Waals surface area contributed by atoms with Crippen molar-refractivity contribution in [2.75, 3.05) is 0 Å². The highest BCUT2D eigenvalue weighted by Crippen LogP contribution is 2.25. The lowest BCUT2D eigenvalue weighted by molar-refractivity contribution is 0.0733. The summed E-state index contributed by atoms with van der Waals surface area (Å²) < 4.78 is 37.6. The third-order valence-corrected chi connectivity index (χ3v) is 4.90. The van der Waals surface area contributed by atoms with Gasteiger partial charge in [0.25, 0.3) is 10.1 Å². The second kappa shape index (κ2) is 6.58. The molecule has 2 aromatic carbocycles. The maximum Gasteiger partial charge on any atom is 0.343 e. The van der Waals surface area contributed by atoms with Crippen molar-refractivity contribution in [3.05, 3.63) is 55.2 Å². The highest BCUT2D eigenvalue weighted by molar-refractivity contribution is 14.1. The molecule has 0 saturated heterocycles. The molecule has 2 rings (SSSR count). The Morgan fingerprint density at radius 3 is 2.19 bits per heavy atom. The Balaban J connectivity index is 2.24. The van der Waals surface area contributed by atoms with E-state index in [2.05, 4.69) is 22.6 Å². The van der Waals surface area contributed by atoms with Gasteiger partial charge >= 0.3 is 5.97 Å². The molecule has 1 N–H and O–H groups in total. The first-order valence-electron chi connectivity index (χ1n) is 5.52. The molecule has 8 heteroatoms. The van der Waals surface area contributed by atoms with Crippen LogP contribution in [-0.2, 0) is 10.1 Å². The molecular formula is C13H8I2O5S. The number of hydrogen-bond acceptors (Lipinski definition) is 4. The van der Waals surface area contributed by atoms with E-state index in [0.29, 0.717) is 9.13 Å². The van der Waals surface area contributed by atoms with Crippen molar-refractivity contribution in [2.24, 2.45) is 0 Å². The van der Waals surface area contributed by atoms with E-state index in [1.54, 1.807) is 24.3 Å². The Morgan fingerprint density at radius 2 is 1.67 bits per heavy atom. The van der Waals surface area contributed by atoms with Gasteiger partial charge in [-0.1, -0.05) is 0 Å². The maximum atomic E-state index is 12.0. The van der Waals surface area contributed by atoms with E-state index >= 15 is 0 Å². The molecule has 0 radical (unpaired) electrons. The Morgan fingerprint density at radius 1 is 1.05 bits per heavy atom. The second-order valence-electron chi connectivity index (χ2n) is 3.96. The van der Waals surface area contributed by atoms with Gasteiger partial charge in [0.05, 0.1) is 14.0 Å². The van der Waals surface area contributed by atoms with Crippen LogP contribution in [0.1, 0.15) is 10.4 Å². The van der Waals surface area contributed by atoms with Gasteiger partial charge in [-0.3, -0.25) is 4.55 Å². The zero-order valence-electron chi connectivity index (χ0n) is 10.3. The summed E-state index contributed by atoms with van der Waals surface area (Å²) in [7, 11) is -4.27. The lowest BCUT2D eigenvalue weighted by atomic mass is 10.2. The summed E-state index contributed by atoms with van der Waals surface area (Å²) in [4.78, 5) is 11.7. The monoisotopic (exact) mass is 530 g/mol. The zero-order valence-corrected chi connectivity index (χ0v) is 15.4. The largest absolute Gasteiger partial charge is 0.422 e. The Kier molecular flexibility index (Phi) is 5.22. The minimum atomic E-state index is -4.27. The molecule has 0 amide bonds. The van der Waals surface area contributed by atoms with Crippen LogP contribution in [-0.4, -0.2) is 18.9 Å². The van der Waals surface area contributed by atoms with Crippen LogP contribution in [0.2, 0.25) is 0 Å². The molecule has 0 atom stereocenters. The third kappa shape index (κ3) is 4.37. The highest BCUT2D eigenvalue weighted by Gasteiger charge is 2.15. The SMILES string of the molecule is O=C(Oc1ccc(S(=O)(=O)O)cc1I)c1ccc(I)cc1. The number of halogens is 2. The lowest BCUT2D eigenvalue weighted by Crippen LogP contribution is -2.09. The average molecular weight is 530 g/mol. The molecule has 110 valence electrons. The fraction of sp³-hybridized carbons (Fsp3) is 0. The molecule has 0 unspecified atom stereocenters. The van der Waals surface area contributed by atoms with Crippen molar-refractivity contribution in [3.63, 3.8) is 0 Å². The van der Waals surface area contributed by atoms with Crippen LogP contribution in [0, 0.1) is 7.14 Å². The Bertz CT molecular complexity index is 785. The topological polar surface area (TPSA) is 80.7 Å². The standard InChI is InChI=1S/C13H8I2O5S/c14-9-3-1-8(2-4-9)13(16)20-12-6-5-10(7-11(12)15)21(17,18)19/h1-7H,(H,17,18,19). The van der Waals surface area contributed by atoms with Gasteiger partial charge in [-0.05, 0) is 87.6 Å². The van der Waals surface area contributed by atoms with Crippen molar-refractivity contribution in [1.29, 1.82) is 0 Å². The van der Waals surface area contributed by atoms with Gasteiger partial charge in [-0.25, -0.2) is 4.79 Å². The number of carbonyl (C=O) groups is 1. The zero-order chi connectivity index (χ0) is 15.6. The summed E-state index contributed by atoms with van der Waals surface area (Å²) in [5, 5.41) is 0. The van der Waals surface area contributed by atoms with Crippen molar-refractivity contribution in [3.8, 4) is 5.75 Å². The van der Waals surface area contributed by atoms with Crippen LogP contribution in [0.25, 0.3) is 0 Å². The number of benzene rings is 2. The summed E-state index contributed by atoms with van der Waals surface area (Å²) in [6, 6.07) is 10.6. The summed E-state index contributed by atoms with van der Waals surface area (Å²) in [5.74, 6) is -0.310. The number of ether oxygens (including phenoxy) is 1. The lowest BCUT2D eigenvalue weighted by Gasteiger charge is -2.07. The van der Waals surface area contributed by atoms with Gasteiger partial charge in [-0.15, -0.1) is 0 Å². The first-order valence-corrected chi connectivity index (χ1v) is 9.12. The summed E-state index contributed by atoms with van der Waals surface area (Å²) in [6.45, 7) is 0. The van der Waals surface area contributed by atoms with Crippen LogP contribution >= 0.6 is 45.2 Å². The summed E-state index contributed by atoms with van der Waals surface area (Å²) in [6.07, 6.45) is 0. The van der Waals surface area contributed by atoms with Gasteiger partial charge in [-0.2, -0.15) is 8.42 Å². The molecule has 0 heterocycles. The number of esters is 1. The molecule has 2 aromatic rings. The van der Waals surface area contributed by atoms with E-state index in [-0.39, 0.29) is 10.6 Å². The Hall–Kier alpha value is -0.720.